The van der Waals surface area contributed by atoms with Crippen LogP contribution in [-0.2, 0) is 9.59 Å². The zero-order valence-electron chi connectivity index (χ0n) is 17.9. The summed E-state index contributed by atoms with van der Waals surface area (Å²) in [5, 5.41) is 11.7. The molecule has 0 radical (unpaired) electrons. The molecule has 3 rings (SSSR count). The first-order valence-electron chi connectivity index (χ1n) is 9.69. The quantitative estimate of drug-likeness (QED) is 0.401. The molecule has 1 N–H and O–H groups in total. The van der Waals surface area contributed by atoms with E-state index in [2.05, 4.69) is 0 Å². The van der Waals surface area contributed by atoms with Crippen LogP contribution in [0.2, 0.25) is 5.02 Å². The number of likely N-dealkylation sites (N-methyl/N-ethyl adjacent to an activating group) is 1. The normalized spacial score (nSPS) is 18.0. The minimum absolute atomic E-state index is 0.0262. The third-order valence-electron chi connectivity index (χ3n) is 5.17. The number of hydrogen-bond donors (Lipinski definition) is 1. The van der Waals surface area contributed by atoms with E-state index >= 15 is 0 Å². The average Bonchev–Trinajstić information content (AvgIpc) is 3.01. The first-order valence-corrected chi connectivity index (χ1v) is 10.1. The number of hydrogen-bond acceptors (Lipinski definition) is 6. The zero-order chi connectivity index (χ0) is 22.7. The molecule has 0 aliphatic carbocycles. The second-order valence-corrected chi connectivity index (χ2v) is 7.85. The van der Waals surface area contributed by atoms with Crippen molar-refractivity contribution >= 4 is 29.1 Å². The second kappa shape index (κ2) is 9.41. The summed E-state index contributed by atoms with van der Waals surface area (Å²) in [6, 6.07) is 11.0. The summed E-state index contributed by atoms with van der Waals surface area (Å²) in [5.41, 5.74) is 1.06. The lowest BCUT2D eigenvalue weighted by Gasteiger charge is -2.26. The van der Waals surface area contributed by atoms with Gasteiger partial charge < -0.3 is 24.4 Å². The fraction of sp³-hybridized carbons (Fsp3) is 0.304. The molecule has 0 unspecified atom stereocenters. The number of ketones is 1. The van der Waals surface area contributed by atoms with Crippen LogP contribution < -0.4 is 9.47 Å². The van der Waals surface area contributed by atoms with Gasteiger partial charge in [0, 0.05) is 23.7 Å². The number of ether oxygens (including phenoxy) is 2. The van der Waals surface area contributed by atoms with E-state index in [4.69, 9.17) is 21.1 Å². The van der Waals surface area contributed by atoms with Gasteiger partial charge in [-0.15, -0.1) is 0 Å². The van der Waals surface area contributed by atoms with Gasteiger partial charge in [0.25, 0.3) is 11.7 Å². The van der Waals surface area contributed by atoms with Gasteiger partial charge in [0.15, 0.2) is 11.5 Å². The van der Waals surface area contributed by atoms with Crippen molar-refractivity contribution in [1.82, 2.24) is 9.80 Å². The molecule has 164 valence electrons. The Balaban J connectivity index is 2.15. The lowest BCUT2D eigenvalue weighted by molar-refractivity contribution is -0.140. The van der Waals surface area contributed by atoms with Gasteiger partial charge >= 0.3 is 0 Å². The molecule has 1 heterocycles. The summed E-state index contributed by atoms with van der Waals surface area (Å²) in [6.07, 6.45) is 0. The molecule has 1 atom stereocenters. The van der Waals surface area contributed by atoms with E-state index in [1.807, 2.05) is 19.0 Å². The molecule has 1 fully saturated rings. The van der Waals surface area contributed by atoms with E-state index in [9.17, 15) is 14.7 Å². The van der Waals surface area contributed by atoms with Crippen LogP contribution in [0.25, 0.3) is 5.76 Å². The summed E-state index contributed by atoms with van der Waals surface area (Å²) in [5.74, 6) is -0.766. The first kappa shape index (κ1) is 22.7. The molecule has 1 saturated heterocycles. The standard InChI is InChI=1S/C23H25ClN2O5/c1-25(2)11-12-26-20(14-5-8-16(24)9-6-14)19(22(28)23(26)29)21(27)15-7-10-17(30-3)18(13-15)31-4/h5-10,13,20,27H,11-12H2,1-4H3/b21-19+/t20-/m1/s1. The molecular formula is C23H25ClN2O5. The van der Waals surface area contributed by atoms with Gasteiger partial charge in [0.1, 0.15) is 5.76 Å². The summed E-state index contributed by atoms with van der Waals surface area (Å²) >= 11 is 6.03. The fourth-order valence-electron chi connectivity index (χ4n) is 3.55. The van der Waals surface area contributed by atoms with Crippen LogP contribution in [0.5, 0.6) is 11.5 Å². The van der Waals surface area contributed by atoms with Crippen molar-refractivity contribution in [2.75, 3.05) is 41.4 Å². The maximum Gasteiger partial charge on any atom is 0.295 e. The monoisotopic (exact) mass is 444 g/mol. The number of carbonyl (C=O) groups excluding carboxylic acids is 2. The molecule has 1 aliphatic heterocycles. The summed E-state index contributed by atoms with van der Waals surface area (Å²) in [6.45, 7) is 0.890. The van der Waals surface area contributed by atoms with Gasteiger partial charge in [0.05, 0.1) is 25.8 Å². The van der Waals surface area contributed by atoms with Gasteiger partial charge in [-0.1, -0.05) is 23.7 Å². The van der Waals surface area contributed by atoms with Crippen LogP contribution in [0.4, 0.5) is 0 Å². The Morgan fingerprint density at radius 2 is 1.71 bits per heavy atom. The number of rotatable bonds is 7. The predicted octanol–water partition coefficient (Wildman–Crippen LogP) is 3.34. The largest absolute Gasteiger partial charge is 0.507 e. The van der Waals surface area contributed by atoms with Crippen LogP contribution in [0.3, 0.4) is 0 Å². The minimum Gasteiger partial charge on any atom is -0.507 e. The number of benzene rings is 2. The van der Waals surface area contributed by atoms with Gasteiger partial charge in [-0.05, 0) is 50.0 Å². The van der Waals surface area contributed by atoms with Gasteiger partial charge in [-0.25, -0.2) is 0 Å². The molecule has 2 aromatic rings. The average molecular weight is 445 g/mol. The smallest absolute Gasteiger partial charge is 0.295 e. The molecule has 7 nitrogen and oxygen atoms in total. The number of Topliss-reactive ketones (excluding diaryl/α,β-unsaturated/α-hetero) is 1. The van der Waals surface area contributed by atoms with E-state index in [1.165, 1.54) is 19.1 Å². The van der Waals surface area contributed by atoms with Crippen molar-refractivity contribution in [2.24, 2.45) is 0 Å². The first-order chi connectivity index (χ1) is 14.8. The molecule has 1 aliphatic rings. The number of likely N-dealkylation sites (tertiary alicyclic amines) is 1. The zero-order valence-corrected chi connectivity index (χ0v) is 18.6. The van der Waals surface area contributed by atoms with Gasteiger partial charge in [-0.2, -0.15) is 0 Å². The van der Waals surface area contributed by atoms with Gasteiger partial charge in [0.2, 0.25) is 0 Å². The number of amides is 1. The summed E-state index contributed by atoms with van der Waals surface area (Å²) in [7, 11) is 6.76. The van der Waals surface area contributed by atoms with E-state index in [0.29, 0.717) is 40.7 Å². The number of nitrogens with zero attached hydrogens (tertiary/aromatic N) is 2. The Labute approximate surface area is 186 Å². The van der Waals surface area contributed by atoms with Crippen molar-refractivity contribution in [1.29, 1.82) is 0 Å². The Morgan fingerprint density at radius 3 is 2.29 bits per heavy atom. The van der Waals surface area contributed by atoms with E-state index in [0.717, 1.165) is 0 Å². The van der Waals surface area contributed by atoms with Crippen LogP contribution in [-0.4, -0.2) is 68.0 Å². The Bertz CT molecular complexity index is 1020. The predicted molar refractivity (Wildman–Crippen MR) is 119 cm³/mol. The number of methoxy groups -OCH3 is 2. The number of carbonyl (C=O) groups is 2. The molecule has 8 heteroatoms. The van der Waals surface area contributed by atoms with Crippen molar-refractivity contribution < 1.29 is 24.2 Å². The maximum atomic E-state index is 13.0. The molecule has 0 aromatic heterocycles. The Kier molecular flexibility index (Phi) is 6.87. The van der Waals surface area contributed by atoms with Crippen LogP contribution >= 0.6 is 11.6 Å². The molecule has 1 amide bonds. The minimum atomic E-state index is -0.731. The van der Waals surface area contributed by atoms with Crippen LogP contribution in [0.15, 0.2) is 48.0 Å². The number of halogens is 1. The van der Waals surface area contributed by atoms with Crippen LogP contribution in [0.1, 0.15) is 17.2 Å². The molecule has 0 saturated carbocycles. The second-order valence-electron chi connectivity index (χ2n) is 7.42. The highest BCUT2D eigenvalue weighted by Crippen LogP contribution is 2.40. The van der Waals surface area contributed by atoms with Gasteiger partial charge in [-0.3, -0.25) is 9.59 Å². The number of aliphatic hydroxyl groups is 1. The topological polar surface area (TPSA) is 79.3 Å². The third kappa shape index (κ3) is 4.52. The van der Waals surface area contributed by atoms with E-state index in [1.54, 1.807) is 42.5 Å². The molecule has 2 aromatic carbocycles. The maximum absolute atomic E-state index is 13.0. The van der Waals surface area contributed by atoms with E-state index < -0.39 is 17.7 Å². The van der Waals surface area contributed by atoms with Crippen molar-refractivity contribution in [3.8, 4) is 11.5 Å². The Hall–Kier alpha value is -3.03. The Morgan fingerprint density at radius 1 is 1.06 bits per heavy atom. The number of aliphatic hydroxyl groups excluding tert-OH is 1. The van der Waals surface area contributed by atoms with Crippen molar-refractivity contribution in [2.45, 2.75) is 6.04 Å². The van der Waals surface area contributed by atoms with E-state index in [-0.39, 0.29) is 11.3 Å². The molecule has 0 spiro atoms. The third-order valence-corrected chi connectivity index (χ3v) is 5.42. The molecule has 0 bridgehead atoms. The SMILES string of the molecule is COc1ccc(/C(O)=C2\C(=O)C(=O)N(CCN(C)C)[C@@H]2c2ccc(Cl)cc2)cc1OC. The fourth-order valence-corrected chi connectivity index (χ4v) is 3.68. The lowest BCUT2D eigenvalue weighted by Crippen LogP contribution is -2.35. The highest BCUT2D eigenvalue weighted by molar-refractivity contribution is 6.46. The van der Waals surface area contributed by atoms with Crippen molar-refractivity contribution in [3.63, 3.8) is 0 Å². The van der Waals surface area contributed by atoms with Crippen LogP contribution in [0, 0.1) is 0 Å². The molecule has 31 heavy (non-hydrogen) atoms. The lowest BCUT2D eigenvalue weighted by atomic mass is 9.95. The summed E-state index contributed by atoms with van der Waals surface area (Å²) in [4.78, 5) is 29.3. The summed E-state index contributed by atoms with van der Waals surface area (Å²) < 4.78 is 10.5. The highest BCUT2D eigenvalue weighted by Gasteiger charge is 2.45. The highest BCUT2D eigenvalue weighted by atomic mass is 35.5. The van der Waals surface area contributed by atoms with Crippen molar-refractivity contribution in [3.05, 3.63) is 64.2 Å². The molecular weight excluding hydrogens is 420 g/mol.